The largest absolute Gasteiger partial charge is 0.492 e. The molecule has 3 aromatic carbocycles. The van der Waals surface area contributed by atoms with E-state index in [9.17, 15) is 17.6 Å². The summed E-state index contributed by atoms with van der Waals surface area (Å²) in [5, 5.41) is 2.68. The predicted molar refractivity (Wildman–Crippen MR) is 122 cm³/mol. The molecule has 3 aromatic rings. The van der Waals surface area contributed by atoms with E-state index in [1.807, 2.05) is 19.1 Å². The number of para-hydroxylation sites is 1. The number of benzene rings is 3. The maximum absolute atomic E-state index is 13.4. The Hall–Kier alpha value is -3.39. The molecule has 6 nitrogen and oxygen atoms in total. The van der Waals surface area contributed by atoms with Crippen molar-refractivity contribution in [1.29, 1.82) is 0 Å². The average molecular weight is 457 g/mol. The van der Waals surface area contributed by atoms with E-state index in [0.717, 1.165) is 9.87 Å². The molecule has 0 aliphatic carbocycles. The Balaban J connectivity index is 1.72. The highest BCUT2D eigenvalue weighted by Gasteiger charge is 2.28. The summed E-state index contributed by atoms with van der Waals surface area (Å²) in [5.41, 5.74) is 1.29. The van der Waals surface area contributed by atoms with Crippen LogP contribution in [-0.4, -0.2) is 34.0 Å². The number of halogens is 1. The molecule has 0 atom stereocenters. The van der Waals surface area contributed by atoms with Crippen molar-refractivity contribution in [2.45, 2.75) is 18.2 Å². The third kappa shape index (κ3) is 5.85. The van der Waals surface area contributed by atoms with Crippen LogP contribution in [0, 0.1) is 5.82 Å². The summed E-state index contributed by atoms with van der Waals surface area (Å²) < 4.78 is 46.3. The number of hydrogen-bond acceptors (Lipinski definition) is 4. The fourth-order valence-corrected chi connectivity index (χ4v) is 4.63. The fourth-order valence-electron chi connectivity index (χ4n) is 3.15. The second-order valence-corrected chi connectivity index (χ2v) is 8.82. The zero-order chi connectivity index (χ0) is 23.0. The Morgan fingerprint density at radius 3 is 2.31 bits per heavy atom. The Morgan fingerprint density at radius 1 is 0.969 bits per heavy atom. The Labute approximate surface area is 187 Å². The second-order valence-electron chi connectivity index (χ2n) is 6.96. The van der Waals surface area contributed by atoms with Gasteiger partial charge in [-0.3, -0.25) is 9.10 Å². The van der Waals surface area contributed by atoms with Gasteiger partial charge in [0.25, 0.3) is 10.0 Å². The van der Waals surface area contributed by atoms with Gasteiger partial charge >= 0.3 is 0 Å². The first-order valence-corrected chi connectivity index (χ1v) is 11.7. The lowest BCUT2D eigenvalue weighted by molar-refractivity contribution is -0.119. The number of hydrogen-bond donors (Lipinski definition) is 1. The second kappa shape index (κ2) is 10.8. The van der Waals surface area contributed by atoms with Crippen LogP contribution in [0.15, 0.2) is 83.8 Å². The quantitative estimate of drug-likeness (QED) is 0.471. The van der Waals surface area contributed by atoms with Crippen molar-refractivity contribution in [3.63, 3.8) is 0 Å². The Morgan fingerprint density at radius 2 is 1.62 bits per heavy atom. The number of anilines is 1. The highest BCUT2D eigenvalue weighted by Crippen LogP contribution is 2.27. The van der Waals surface area contributed by atoms with Gasteiger partial charge in [0, 0.05) is 0 Å². The van der Waals surface area contributed by atoms with Crippen LogP contribution >= 0.6 is 0 Å². The molecule has 3 rings (SSSR count). The Kier molecular flexibility index (Phi) is 7.83. The zero-order valence-electron chi connectivity index (χ0n) is 17.7. The summed E-state index contributed by atoms with van der Waals surface area (Å²) in [4.78, 5) is 12.7. The fraction of sp³-hybridized carbons (Fsp3) is 0.208. The number of carbonyl (C=O) groups is 1. The molecule has 168 valence electrons. The van der Waals surface area contributed by atoms with Crippen LogP contribution in [0.1, 0.15) is 12.5 Å². The van der Waals surface area contributed by atoms with Gasteiger partial charge in [-0.2, -0.15) is 0 Å². The third-order valence-electron chi connectivity index (χ3n) is 4.77. The first kappa shape index (κ1) is 23.3. The smallest absolute Gasteiger partial charge is 0.264 e. The molecule has 0 aromatic heterocycles. The molecule has 0 saturated carbocycles. The molecule has 0 bridgehead atoms. The molecular formula is C24H25FN2O4S. The molecule has 0 saturated heterocycles. The molecule has 0 aliphatic heterocycles. The molecule has 0 fully saturated rings. The van der Waals surface area contributed by atoms with Crippen molar-refractivity contribution in [2.75, 3.05) is 24.0 Å². The van der Waals surface area contributed by atoms with Crippen LogP contribution in [0.3, 0.4) is 0 Å². The van der Waals surface area contributed by atoms with E-state index in [2.05, 4.69) is 5.32 Å². The molecule has 32 heavy (non-hydrogen) atoms. The first-order valence-electron chi connectivity index (χ1n) is 10.2. The standard InChI is InChI=1S/C24H25FN2O4S/c1-2-19-8-6-7-11-23(19)27(32(29,30)22-9-4-3-5-10-22)18-24(28)26-16-17-31-21-14-12-20(25)13-15-21/h3-15H,2,16-18H2,1H3,(H,26,28). The molecular weight excluding hydrogens is 431 g/mol. The monoisotopic (exact) mass is 456 g/mol. The van der Waals surface area contributed by atoms with Crippen molar-refractivity contribution >= 4 is 21.6 Å². The van der Waals surface area contributed by atoms with E-state index in [1.54, 1.807) is 30.3 Å². The highest BCUT2D eigenvalue weighted by atomic mass is 32.2. The van der Waals surface area contributed by atoms with Gasteiger partial charge in [0.1, 0.15) is 24.7 Å². The van der Waals surface area contributed by atoms with Crippen molar-refractivity contribution < 1.29 is 22.3 Å². The normalized spacial score (nSPS) is 11.1. The highest BCUT2D eigenvalue weighted by molar-refractivity contribution is 7.92. The van der Waals surface area contributed by atoms with Crippen molar-refractivity contribution in [3.05, 3.63) is 90.2 Å². The van der Waals surface area contributed by atoms with E-state index < -0.39 is 15.9 Å². The minimum Gasteiger partial charge on any atom is -0.492 e. The lowest BCUT2D eigenvalue weighted by Gasteiger charge is -2.26. The number of carbonyl (C=O) groups excluding carboxylic acids is 1. The molecule has 0 aliphatic rings. The number of nitrogens with zero attached hydrogens (tertiary/aromatic N) is 1. The van der Waals surface area contributed by atoms with Crippen LogP contribution in [0.25, 0.3) is 0 Å². The van der Waals surface area contributed by atoms with Gasteiger partial charge in [-0.25, -0.2) is 12.8 Å². The molecule has 0 spiro atoms. The predicted octanol–water partition coefficient (Wildman–Crippen LogP) is 3.78. The van der Waals surface area contributed by atoms with E-state index >= 15 is 0 Å². The van der Waals surface area contributed by atoms with Gasteiger partial charge in [-0.1, -0.05) is 43.3 Å². The van der Waals surface area contributed by atoms with E-state index in [1.165, 1.54) is 36.4 Å². The molecule has 1 N–H and O–H groups in total. The zero-order valence-corrected chi connectivity index (χ0v) is 18.5. The number of sulfonamides is 1. The summed E-state index contributed by atoms with van der Waals surface area (Å²) >= 11 is 0. The lowest BCUT2D eigenvalue weighted by atomic mass is 10.1. The van der Waals surface area contributed by atoms with Crippen molar-refractivity contribution in [2.24, 2.45) is 0 Å². The van der Waals surface area contributed by atoms with Gasteiger partial charge in [-0.15, -0.1) is 0 Å². The number of amides is 1. The molecule has 8 heteroatoms. The summed E-state index contributed by atoms with van der Waals surface area (Å²) in [6, 6.07) is 20.7. The molecule has 0 unspecified atom stereocenters. The van der Waals surface area contributed by atoms with Crippen LogP contribution in [0.5, 0.6) is 5.75 Å². The number of nitrogens with one attached hydrogen (secondary N) is 1. The number of ether oxygens (including phenoxy) is 1. The Bertz CT molecular complexity index is 1140. The van der Waals surface area contributed by atoms with Crippen LogP contribution in [0.2, 0.25) is 0 Å². The lowest BCUT2D eigenvalue weighted by Crippen LogP contribution is -2.42. The minimum atomic E-state index is -3.95. The number of aryl methyl sites for hydroxylation is 1. The first-order chi connectivity index (χ1) is 15.4. The molecule has 0 radical (unpaired) electrons. The molecule has 1 amide bonds. The maximum Gasteiger partial charge on any atom is 0.264 e. The van der Waals surface area contributed by atoms with Crippen molar-refractivity contribution in [3.8, 4) is 5.75 Å². The summed E-state index contributed by atoms with van der Waals surface area (Å²) in [6.07, 6.45) is 0.615. The number of rotatable bonds is 10. The summed E-state index contributed by atoms with van der Waals surface area (Å²) in [6.45, 7) is 1.89. The van der Waals surface area contributed by atoms with Gasteiger partial charge < -0.3 is 10.1 Å². The van der Waals surface area contributed by atoms with Gasteiger partial charge in [0.2, 0.25) is 5.91 Å². The van der Waals surface area contributed by atoms with E-state index in [-0.39, 0.29) is 30.4 Å². The maximum atomic E-state index is 13.4. The third-order valence-corrected chi connectivity index (χ3v) is 6.54. The van der Waals surface area contributed by atoms with E-state index in [4.69, 9.17) is 4.74 Å². The van der Waals surface area contributed by atoms with Crippen LogP contribution in [-0.2, 0) is 21.2 Å². The van der Waals surface area contributed by atoms with Crippen molar-refractivity contribution in [1.82, 2.24) is 5.32 Å². The summed E-state index contributed by atoms with van der Waals surface area (Å²) in [7, 11) is -3.95. The van der Waals surface area contributed by atoms with Crippen LogP contribution < -0.4 is 14.4 Å². The average Bonchev–Trinajstić information content (AvgIpc) is 2.82. The molecule has 0 heterocycles. The van der Waals surface area contributed by atoms with E-state index in [0.29, 0.717) is 17.9 Å². The van der Waals surface area contributed by atoms with Gasteiger partial charge in [-0.05, 0) is 54.4 Å². The topological polar surface area (TPSA) is 75.7 Å². The van der Waals surface area contributed by atoms with Gasteiger partial charge in [0.15, 0.2) is 0 Å². The van der Waals surface area contributed by atoms with Crippen LogP contribution in [0.4, 0.5) is 10.1 Å². The van der Waals surface area contributed by atoms with Gasteiger partial charge in [0.05, 0.1) is 17.1 Å². The minimum absolute atomic E-state index is 0.110. The SMILES string of the molecule is CCc1ccccc1N(CC(=O)NCCOc1ccc(F)cc1)S(=O)(=O)c1ccccc1. The summed E-state index contributed by atoms with van der Waals surface area (Å²) in [5.74, 6) is -0.346.